The standard InChI is InChI=1S/C2Cl4O.Al.3ClH/c3-1(7)2(4,5)6;;;;/h;;3*1H/q;+3;;;/p-3. The minimum atomic E-state index is -1.96. The molecular formula is C2AlCl7O. The first-order valence-electron chi connectivity index (χ1n) is 1.21. The summed E-state index contributed by atoms with van der Waals surface area (Å²) in [4.78, 5) is 9.83. The van der Waals surface area contributed by atoms with Crippen LogP contribution < -0.4 is 37.2 Å². The van der Waals surface area contributed by atoms with Crippen LogP contribution in [0.4, 0.5) is 0 Å². The van der Waals surface area contributed by atoms with Crippen molar-refractivity contribution in [2.24, 2.45) is 0 Å². The van der Waals surface area contributed by atoms with E-state index in [1.165, 1.54) is 0 Å². The molecule has 0 saturated heterocycles. The molecule has 0 aliphatic rings. The van der Waals surface area contributed by atoms with Crippen LogP contribution in [0.25, 0.3) is 0 Å². The van der Waals surface area contributed by atoms with Crippen molar-refractivity contribution in [2.45, 2.75) is 3.79 Å². The van der Waals surface area contributed by atoms with Crippen molar-refractivity contribution in [3.63, 3.8) is 0 Å². The largest absolute Gasteiger partial charge is 3.00 e. The Morgan fingerprint density at radius 1 is 1.00 bits per heavy atom. The second-order valence-corrected chi connectivity index (χ2v) is 3.40. The second-order valence-electron chi connectivity index (χ2n) is 0.771. The van der Waals surface area contributed by atoms with Crippen molar-refractivity contribution in [2.75, 3.05) is 0 Å². The summed E-state index contributed by atoms with van der Waals surface area (Å²) in [6, 6.07) is 0. The average molecular weight is 315 g/mol. The van der Waals surface area contributed by atoms with Crippen LogP contribution in [-0.4, -0.2) is 26.4 Å². The first-order chi connectivity index (χ1) is 2.94. The summed E-state index contributed by atoms with van der Waals surface area (Å²) in [5.41, 5.74) is 0. The molecule has 0 unspecified atom stereocenters. The topological polar surface area (TPSA) is 17.1 Å². The van der Waals surface area contributed by atoms with Crippen LogP contribution in [0, 0.1) is 0 Å². The molecule has 0 fully saturated rings. The Hall–Kier alpha value is 2.23. The van der Waals surface area contributed by atoms with Gasteiger partial charge in [0.05, 0.1) is 0 Å². The zero-order valence-corrected chi connectivity index (χ0v) is 11.1. The van der Waals surface area contributed by atoms with Crippen LogP contribution in [0.2, 0.25) is 0 Å². The van der Waals surface area contributed by atoms with E-state index < -0.39 is 9.03 Å². The molecule has 0 rings (SSSR count). The van der Waals surface area contributed by atoms with Crippen LogP contribution in [-0.2, 0) is 4.79 Å². The van der Waals surface area contributed by atoms with Crippen LogP contribution >= 0.6 is 46.4 Å². The predicted molar refractivity (Wildman–Crippen MR) is 36.9 cm³/mol. The smallest absolute Gasteiger partial charge is 1.00 e. The molecule has 0 aromatic heterocycles. The van der Waals surface area contributed by atoms with Crippen LogP contribution in [0.15, 0.2) is 0 Å². The third kappa shape index (κ3) is 18.9. The van der Waals surface area contributed by atoms with E-state index in [1.54, 1.807) is 0 Å². The third-order valence-electron chi connectivity index (χ3n) is 0.223. The van der Waals surface area contributed by atoms with E-state index in [1.807, 2.05) is 0 Å². The van der Waals surface area contributed by atoms with Crippen molar-refractivity contribution >= 4 is 69.0 Å². The van der Waals surface area contributed by atoms with Gasteiger partial charge in [-0.25, -0.2) is 0 Å². The molecule has 0 radical (unpaired) electrons. The Kier molecular flexibility index (Phi) is 32.5. The molecule has 0 aliphatic carbocycles. The number of halogens is 7. The second kappa shape index (κ2) is 12.2. The Morgan fingerprint density at radius 3 is 1.09 bits per heavy atom. The van der Waals surface area contributed by atoms with E-state index in [-0.39, 0.29) is 54.6 Å². The van der Waals surface area contributed by atoms with Gasteiger partial charge in [-0.3, -0.25) is 4.79 Å². The number of alkyl halides is 3. The average Bonchev–Trinajstić information content (AvgIpc) is 1.31. The maximum Gasteiger partial charge on any atom is 3.00 e. The van der Waals surface area contributed by atoms with E-state index in [0.29, 0.717) is 0 Å². The maximum atomic E-state index is 9.83. The maximum absolute atomic E-state index is 9.83. The molecule has 11 heavy (non-hydrogen) atoms. The van der Waals surface area contributed by atoms with E-state index >= 15 is 0 Å². The summed E-state index contributed by atoms with van der Waals surface area (Å²) >= 11 is 19.5. The fraction of sp³-hybridized carbons (Fsp3) is 0.500. The summed E-state index contributed by atoms with van der Waals surface area (Å²) in [6.07, 6.45) is 0. The molecule has 0 amide bonds. The van der Waals surface area contributed by atoms with Gasteiger partial charge in [-0.1, -0.05) is 34.8 Å². The minimum absolute atomic E-state index is 0. The molecule has 1 nitrogen and oxygen atoms in total. The van der Waals surface area contributed by atoms with Crippen LogP contribution in [0.3, 0.4) is 0 Å². The van der Waals surface area contributed by atoms with E-state index in [9.17, 15) is 4.79 Å². The molecule has 0 spiro atoms. The summed E-state index contributed by atoms with van der Waals surface area (Å²) < 4.78 is -1.96. The van der Waals surface area contributed by atoms with Crippen molar-refractivity contribution in [1.29, 1.82) is 0 Å². The van der Waals surface area contributed by atoms with Crippen LogP contribution in [0.5, 0.6) is 0 Å². The first-order valence-corrected chi connectivity index (χ1v) is 2.72. The van der Waals surface area contributed by atoms with Gasteiger partial charge in [0.2, 0.25) is 0 Å². The van der Waals surface area contributed by atoms with Crippen molar-refractivity contribution in [3.8, 4) is 0 Å². The SMILES string of the molecule is O=C(Cl)C(Cl)(Cl)Cl.[Al+3].[Cl-].[Cl-].[Cl-]. The van der Waals surface area contributed by atoms with Gasteiger partial charge in [0, 0.05) is 0 Å². The van der Waals surface area contributed by atoms with E-state index in [2.05, 4.69) is 0 Å². The van der Waals surface area contributed by atoms with Crippen molar-refractivity contribution in [3.05, 3.63) is 0 Å². The van der Waals surface area contributed by atoms with E-state index in [0.717, 1.165) is 0 Å². The zero-order valence-electron chi connectivity index (χ0n) is 4.63. The van der Waals surface area contributed by atoms with Gasteiger partial charge in [-0.2, -0.15) is 0 Å². The molecule has 0 aromatic carbocycles. The number of carbonyl (C=O) groups excluding carboxylic acids is 1. The Bertz CT molecular complexity index is 88.9. The third-order valence-corrected chi connectivity index (χ3v) is 1.31. The van der Waals surface area contributed by atoms with Gasteiger partial charge in [-0.05, 0) is 11.6 Å². The quantitative estimate of drug-likeness (QED) is 0.247. The number of carbonyl (C=O) groups is 1. The van der Waals surface area contributed by atoms with Gasteiger partial charge < -0.3 is 37.2 Å². The van der Waals surface area contributed by atoms with Gasteiger partial charge >= 0.3 is 17.4 Å². The molecule has 66 valence electrons. The summed E-state index contributed by atoms with van der Waals surface area (Å²) in [5, 5.41) is -0.988. The Morgan fingerprint density at radius 2 is 1.09 bits per heavy atom. The molecule has 0 aromatic rings. The van der Waals surface area contributed by atoms with Crippen molar-refractivity contribution in [1.82, 2.24) is 0 Å². The minimum Gasteiger partial charge on any atom is -1.00 e. The van der Waals surface area contributed by atoms with Gasteiger partial charge in [0.25, 0.3) is 9.03 Å². The van der Waals surface area contributed by atoms with E-state index in [4.69, 9.17) is 46.4 Å². The summed E-state index contributed by atoms with van der Waals surface area (Å²) in [6.45, 7) is 0. The number of hydrogen-bond acceptors (Lipinski definition) is 1. The molecular weight excluding hydrogens is 315 g/mol. The van der Waals surface area contributed by atoms with Crippen LogP contribution in [0.1, 0.15) is 0 Å². The normalized spacial score (nSPS) is 7.27. The Labute approximate surface area is 114 Å². The molecule has 0 saturated carbocycles. The molecule has 0 aliphatic heterocycles. The number of hydrogen-bond donors (Lipinski definition) is 0. The number of rotatable bonds is 0. The summed E-state index contributed by atoms with van der Waals surface area (Å²) in [7, 11) is 0. The fourth-order valence-corrected chi connectivity index (χ4v) is 0. The molecule has 0 atom stereocenters. The molecule has 9 heteroatoms. The first kappa shape index (κ1) is 29.2. The molecule has 0 heterocycles. The summed E-state index contributed by atoms with van der Waals surface area (Å²) in [5.74, 6) is 0. The van der Waals surface area contributed by atoms with Crippen molar-refractivity contribution < 1.29 is 42.0 Å². The fourth-order valence-electron chi connectivity index (χ4n) is 0. The molecule has 0 bridgehead atoms. The monoisotopic (exact) mass is 312 g/mol. The Balaban J connectivity index is -0.0000000300. The van der Waals surface area contributed by atoms with Gasteiger partial charge in [0.1, 0.15) is 0 Å². The van der Waals surface area contributed by atoms with Gasteiger partial charge in [0.15, 0.2) is 0 Å². The predicted octanol–water partition coefficient (Wildman–Crippen LogP) is -7.25. The van der Waals surface area contributed by atoms with Gasteiger partial charge in [-0.15, -0.1) is 0 Å². The zero-order chi connectivity index (χ0) is 6.08. The molecule has 0 N–H and O–H groups in total.